The molecule has 0 saturated heterocycles. The Morgan fingerprint density at radius 1 is 1.33 bits per heavy atom. The summed E-state index contributed by atoms with van der Waals surface area (Å²) in [6.07, 6.45) is 6.21. The lowest BCUT2D eigenvalue weighted by Gasteiger charge is -2.07. The van der Waals surface area contributed by atoms with Crippen molar-refractivity contribution in [1.29, 1.82) is 0 Å². The van der Waals surface area contributed by atoms with E-state index in [1.165, 1.54) is 25.7 Å². The summed E-state index contributed by atoms with van der Waals surface area (Å²) in [6, 6.07) is 0. The third-order valence-corrected chi connectivity index (χ3v) is 4.06. The van der Waals surface area contributed by atoms with Gasteiger partial charge in [-0.15, -0.1) is 0 Å². The maximum atomic E-state index is 11.4. The van der Waals surface area contributed by atoms with Crippen LogP contribution >= 0.6 is 0 Å². The zero-order valence-corrected chi connectivity index (χ0v) is 8.44. The highest BCUT2D eigenvalue weighted by Gasteiger charge is 2.16. The zero-order chi connectivity index (χ0) is 8.81. The van der Waals surface area contributed by atoms with Crippen molar-refractivity contribution in [1.82, 2.24) is 0 Å². The highest BCUT2D eigenvalue weighted by atomic mass is 32.2. The van der Waals surface area contributed by atoms with Crippen LogP contribution in [0.5, 0.6) is 0 Å². The van der Waals surface area contributed by atoms with Crippen molar-refractivity contribution in [2.75, 3.05) is 18.1 Å². The third-order valence-electron chi connectivity index (χ3n) is 2.47. The first-order valence-electron chi connectivity index (χ1n) is 4.88. The molecule has 0 bridgehead atoms. The van der Waals surface area contributed by atoms with Gasteiger partial charge in [-0.05, 0) is 31.7 Å². The van der Waals surface area contributed by atoms with Crippen molar-refractivity contribution >= 4 is 10.8 Å². The molecule has 0 aromatic heterocycles. The van der Waals surface area contributed by atoms with E-state index in [2.05, 4.69) is 0 Å². The van der Waals surface area contributed by atoms with E-state index in [1.807, 2.05) is 0 Å². The predicted octanol–water partition coefficient (Wildman–Crippen LogP) is 1.27. The summed E-state index contributed by atoms with van der Waals surface area (Å²) in [5.74, 6) is 2.50. The first kappa shape index (κ1) is 10.2. The number of nitrogens with two attached hydrogens (primary N) is 1. The normalized spacial score (nSPS) is 21.4. The van der Waals surface area contributed by atoms with Crippen molar-refractivity contribution in [3.05, 3.63) is 0 Å². The molecule has 0 heterocycles. The van der Waals surface area contributed by atoms with Crippen LogP contribution in [0.3, 0.4) is 0 Å². The van der Waals surface area contributed by atoms with Gasteiger partial charge in [-0.2, -0.15) is 0 Å². The molecule has 1 rings (SSSR count). The maximum absolute atomic E-state index is 11.4. The number of rotatable bonds is 5. The first-order chi connectivity index (χ1) is 5.83. The van der Waals surface area contributed by atoms with E-state index in [4.69, 9.17) is 5.73 Å². The Balaban J connectivity index is 2.08. The van der Waals surface area contributed by atoms with Gasteiger partial charge in [0.15, 0.2) is 0 Å². The second-order valence-corrected chi connectivity index (χ2v) is 5.22. The summed E-state index contributed by atoms with van der Waals surface area (Å²) in [7, 11) is -0.590. The molecular formula is C9H19NOS. The minimum atomic E-state index is -0.590. The molecule has 3 heteroatoms. The van der Waals surface area contributed by atoms with Crippen LogP contribution in [0.25, 0.3) is 0 Å². The molecular weight excluding hydrogens is 170 g/mol. The number of hydrogen-bond donors (Lipinski definition) is 1. The molecule has 0 radical (unpaired) electrons. The van der Waals surface area contributed by atoms with E-state index in [0.29, 0.717) is 6.54 Å². The molecule has 1 aliphatic rings. The lowest BCUT2D eigenvalue weighted by Crippen LogP contribution is -2.13. The minimum absolute atomic E-state index is 0.590. The molecule has 0 amide bonds. The average molecular weight is 189 g/mol. The van der Waals surface area contributed by atoms with Gasteiger partial charge in [-0.1, -0.05) is 12.8 Å². The van der Waals surface area contributed by atoms with Crippen LogP contribution in [0.1, 0.15) is 32.1 Å². The molecule has 2 nitrogen and oxygen atoms in total. The monoisotopic (exact) mass is 189 g/mol. The first-order valence-corrected chi connectivity index (χ1v) is 6.37. The summed E-state index contributed by atoms with van der Waals surface area (Å²) in [4.78, 5) is 0. The molecule has 1 aliphatic carbocycles. The van der Waals surface area contributed by atoms with Gasteiger partial charge in [0.1, 0.15) is 0 Å². The second-order valence-electron chi connectivity index (χ2n) is 3.60. The van der Waals surface area contributed by atoms with Crippen LogP contribution in [0.15, 0.2) is 0 Å². The Bertz CT molecular complexity index is 143. The Labute approximate surface area is 77.4 Å². The fourth-order valence-corrected chi connectivity index (χ4v) is 3.28. The summed E-state index contributed by atoms with van der Waals surface area (Å²) in [5.41, 5.74) is 5.35. The van der Waals surface area contributed by atoms with Gasteiger partial charge in [0, 0.05) is 22.3 Å². The highest BCUT2D eigenvalue weighted by molar-refractivity contribution is 7.84. The van der Waals surface area contributed by atoms with E-state index in [0.717, 1.165) is 23.8 Å². The van der Waals surface area contributed by atoms with Crippen LogP contribution in [0.2, 0.25) is 0 Å². The SMILES string of the molecule is NCCCS(=O)CC1CCCC1. The summed E-state index contributed by atoms with van der Waals surface area (Å²) in [5, 5.41) is 0. The predicted molar refractivity (Wildman–Crippen MR) is 53.5 cm³/mol. The van der Waals surface area contributed by atoms with Gasteiger partial charge in [0.05, 0.1) is 0 Å². The Morgan fingerprint density at radius 2 is 2.00 bits per heavy atom. The lowest BCUT2D eigenvalue weighted by molar-refractivity contribution is 0.603. The molecule has 1 atom stereocenters. The molecule has 1 saturated carbocycles. The molecule has 2 N–H and O–H groups in total. The smallest absolute Gasteiger partial charge is 0.0263 e. The van der Waals surface area contributed by atoms with Crippen LogP contribution < -0.4 is 5.73 Å². The molecule has 0 aliphatic heterocycles. The summed E-state index contributed by atoms with van der Waals surface area (Å²) < 4.78 is 11.4. The van der Waals surface area contributed by atoms with Gasteiger partial charge in [-0.3, -0.25) is 4.21 Å². The Morgan fingerprint density at radius 3 is 2.58 bits per heavy atom. The molecule has 0 spiro atoms. The highest BCUT2D eigenvalue weighted by Crippen LogP contribution is 2.25. The molecule has 0 aromatic rings. The molecule has 12 heavy (non-hydrogen) atoms. The zero-order valence-electron chi connectivity index (χ0n) is 7.63. The lowest BCUT2D eigenvalue weighted by atomic mass is 10.1. The van der Waals surface area contributed by atoms with E-state index in [1.54, 1.807) is 0 Å². The van der Waals surface area contributed by atoms with E-state index >= 15 is 0 Å². The van der Waals surface area contributed by atoms with E-state index in [-0.39, 0.29) is 0 Å². The Hall–Kier alpha value is 0.110. The van der Waals surface area contributed by atoms with Crippen molar-refractivity contribution in [2.24, 2.45) is 11.7 Å². The van der Waals surface area contributed by atoms with Gasteiger partial charge >= 0.3 is 0 Å². The summed E-state index contributed by atoms with van der Waals surface area (Å²) >= 11 is 0. The van der Waals surface area contributed by atoms with Gasteiger partial charge in [-0.25, -0.2) is 0 Å². The number of hydrogen-bond acceptors (Lipinski definition) is 2. The van der Waals surface area contributed by atoms with Crippen LogP contribution in [0.4, 0.5) is 0 Å². The topological polar surface area (TPSA) is 43.1 Å². The molecule has 1 fully saturated rings. The Kier molecular flexibility index (Phi) is 4.84. The minimum Gasteiger partial charge on any atom is -0.330 e. The molecule has 1 unspecified atom stereocenters. The quantitative estimate of drug-likeness (QED) is 0.708. The largest absolute Gasteiger partial charge is 0.330 e. The summed E-state index contributed by atoms with van der Waals surface area (Å²) in [6.45, 7) is 0.677. The van der Waals surface area contributed by atoms with Gasteiger partial charge < -0.3 is 5.73 Å². The second kappa shape index (κ2) is 5.70. The maximum Gasteiger partial charge on any atom is 0.0263 e. The van der Waals surface area contributed by atoms with Gasteiger partial charge in [0.2, 0.25) is 0 Å². The van der Waals surface area contributed by atoms with Crippen molar-refractivity contribution < 1.29 is 4.21 Å². The van der Waals surface area contributed by atoms with Crippen LogP contribution in [0, 0.1) is 5.92 Å². The fourth-order valence-electron chi connectivity index (χ4n) is 1.77. The van der Waals surface area contributed by atoms with E-state index in [9.17, 15) is 4.21 Å². The average Bonchev–Trinajstić information content (AvgIpc) is 2.53. The van der Waals surface area contributed by atoms with E-state index < -0.39 is 10.8 Å². The van der Waals surface area contributed by atoms with Crippen molar-refractivity contribution in [3.63, 3.8) is 0 Å². The molecule has 0 aromatic carbocycles. The third kappa shape index (κ3) is 3.68. The standard InChI is InChI=1S/C9H19NOS/c10-6-3-7-12(11)8-9-4-1-2-5-9/h9H,1-8,10H2. The van der Waals surface area contributed by atoms with Gasteiger partial charge in [0.25, 0.3) is 0 Å². The fraction of sp³-hybridized carbons (Fsp3) is 1.00. The van der Waals surface area contributed by atoms with Crippen molar-refractivity contribution in [3.8, 4) is 0 Å². The van der Waals surface area contributed by atoms with Crippen molar-refractivity contribution in [2.45, 2.75) is 32.1 Å². The van der Waals surface area contributed by atoms with Crippen LogP contribution in [-0.4, -0.2) is 22.3 Å². The molecule has 72 valence electrons. The van der Waals surface area contributed by atoms with Crippen LogP contribution in [-0.2, 0) is 10.8 Å².